The van der Waals surface area contributed by atoms with Crippen molar-refractivity contribution in [2.75, 3.05) is 0 Å². The molecule has 2 aromatic rings. The lowest BCUT2D eigenvalue weighted by Crippen LogP contribution is -2.19. The highest BCUT2D eigenvalue weighted by Crippen LogP contribution is 2.19. The van der Waals surface area contributed by atoms with Crippen molar-refractivity contribution in [1.82, 2.24) is 4.57 Å². The number of aromatic nitrogens is 1. The largest absolute Gasteiger partial charge is 0.477 e. The van der Waals surface area contributed by atoms with Crippen molar-refractivity contribution in [3.63, 3.8) is 0 Å². The van der Waals surface area contributed by atoms with Gasteiger partial charge < -0.3 is 9.67 Å². The summed E-state index contributed by atoms with van der Waals surface area (Å²) < 4.78 is 15.3. The minimum Gasteiger partial charge on any atom is -0.477 e. The van der Waals surface area contributed by atoms with E-state index >= 15 is 0 Å². The van der Waals surface area contributed by atoms with Crippen molar-refractivity contribution in [2.24, 2.45) is 0 Å². The van der Waals surface area contributed by atoms with E-state index in [-0.39, 0.29) is 17.1 Å². The average molecular weight is 296 g/mol. The lowest BCUT2D eigenvalue weighted by Gasteiger charge is -2.12. The van der Waals surface area contributed by atoms with Gasteiger partial charge >= 0.3 is 5.97 Å². The number of carboxylic acids is 1. The fraction of sp³-hybridized carbons (Fsp3) is 0.143. The molecule has 1 aromatic heterocycles. The highest BCUT2D eigenvalue weighted by molar-refractivity contribution is 6.30. The van der Waals surface area contributed by atoms with E-state index in [4.69, 9.17) is 16.7 Å². The molecule has 0 unspecified atom stereocenters. The SMILES string of the molecule is Cc1cc(=O)c(C(=O)O)cn1Cc1cccc(Cl)c1F. The van der Waals surface area contributed by atoms with Crippen LogP contribution in [-0.2, 0) is 6.54 Å². The second-order valence-corrected chi connectivity index (χ2v) is 4.75. The van der Waals surface area contributed by atoms with Crippen LogP contribution in [0.3, 0.4) is 0 Å². The molecule has 0 fully saturated rings. The molecule has 20 heavy (non-hydrogen) atoms. The summed E-state index contributed by atoms with van der Waals surface area (Å²) in [5.74, 6) is -1.86. The lowest BCUT2D eigenvalue weighted by atomic mass is 10.2. The number of rotatable bonds is 3. The average Bonchev–Trinajstić information content (AvgIpc) is 2.37. The van der Waals surface area contributed by atoms with Gasteiger partial charge in [-0.25, -0.2) is 9.18 Å². The number of aromatic carboxylic acids is 1. The smallest absolute Gasteiger partial charge is 0.341 e. The summed E-state index contributed by atoms with van der Waals surface area (Å²) in [7, 11) is 0. The Labute approximate surface area is 119 Å². The molecule has 0 spiro atoms. The van der Waals surface area contributed by atoms with Gasteiger partial charge in [0.25, 0.3) is 0 Å². The van der Waals surface area contributed by atoms with Crippen LogP contribution in [-0.4, -0.2) is 15.6 Å². The van der Waals surface area contributed by atoms with Crippen LogP contribution in [0.25, 0.3) is 0 Å². The fourth-order valence-corrected chi connectivity index (χ4v) is 2.05. The first-order valence-electron chi connectivity index (χ1n) is 5.77. The van der Waals surface area contributed by atoms with E-state index in [1.165, 1.54) is 22.9 Å². The van der Waals surface area contributed by atoms with E-state index in [1.807, 2.05) is 0 Å². The summed E-state index contributed by atoms with van der Waals surface area (Å²) in [5.41, 5.74) is -0.0594. The molecule has 1 heterocycles. The van der Waals surface area contributed by atoms with Gasteiger partial charge in [-0.1, -0.05) is 23.7 Å². The molecule has 0 aliphatic heterocycles. The Balaban J connectivity index is 2.48. The molecule has 0 amide bonds. The van der Waals surface area contributed by atoms with Crippen LogP contribution < -0.4 is 5.43 Å². The third kappa shape index (κ3) is 2.72. The molecular formula is C14H11ClFNO3. The predicted octanol–water partition coefficient (Wildman–Crippen LogP) is 2.70. The first-order chi connectivity index (χ1) is 9.40. The minimum absolute atomic E-state index is 0.000318. The van der Waals surface area contributed by atoms with Crippen LogP contribution in [0.2, 0.25) is 5.02 Å². The fourth-order valence-electron chi connectivity index (χ4n) is 1.86. The highest BCUT2D eigenvalue weighted by atomic mass is 35.5. The Morgan fingerprint density at radius 2 is 2.15 bits per heavy atom. The minimum atomic E-state index is -1.31. The van der Waals surface area contributed by atoms with E-state index in [9.17, 15) is 14.0 Å². The number of aryl methyl sites for hydroxylation is 1. The molecule has 6 heteroatoms. The molecule has 0 radical (unpaired) electrons. The molecule has 104 valence electrons. The van der Waals surface area contributed by atoms with Crippen molar-refractivity contribution < 1.29 is 14.3 Å². The normalized spacial score (nSPS) is 10.6. The molecule has 0 saturated carbocycles. The monoisotopic (exact) mass is 295 g/mol. The molecule has 4 nitrogen and oxygen atoms in total. The van der Waals surface area contributed by atoms with Crippen LogP contribution in [0.15, 0.2) is 35.3 Å². The summed E-state index contributed by atoms with van der Waals surface area (Å²) >= 11 is 5.70. The van der Waals surface area contributed by atoms with Gasteiger partial charge in [0.05, 0.1) is 11.6 Å². The van der Waals surface area contributed by atoms with Crippen LogP contribution in [0.4, 0.5) is 4.39 Å². The standard InChI is InChI=1S/C14H11ClFNO3/c1-8-5-12(18)10(14(19)20)7-17(8)6-9-3-2-4-11(15)13(9)16/h2-5,7H,6H2,1H3,(H,19,20). The number of carbonyl (C=O) groups is 1. The highest BCUT2D eigenvalue weighted by Gasteiger charge is 2.12. The number of pyridine rings is 1. The van der Waals surface area contributed by atoms with Crippen LogP contribution in [0, 0.1) is 12.7 Å². The van der Waals surface area contributed by atoms with E-state index in [0.29, 0.717) is 11.3 Å². The Hall–Kier alpha value is -2.14. The zero-order valence-electron chi connectivity index (χ0n) is 10.6. The lowest BCUT2D eigenvalue weighted by molar-refractivity contribution is 0.0694. The summed E-state index contributed by atoms with van der Waals surface area (Å²) in [6, 6.07) is 5.81. The topological polar surface area (TPSA) is 59.3 Å². The number of halogens is 2. The van der Waals surface area contributed by atoms with Gasteiger partial charge in [0.1, 0.15) is 11.4 Å². The quantitative estimate of drug-likeness (QED) is 0.947. The van der Waals surface area contributed by atoms with Gasteiger partial charge in [-0.3, -0.25) is 4.79 Å². The first-order valence-corrected chi connectivity index (χ1v) is 6.15. The van der Waals surface area contributed by atoms with Crippen LogP contribution in [0.5, 0.6) is 0 Å². The molecule has 1 N–H and O–H groups in total. The van der Waals surface area contributed by atoms with Gasteiger partial charge in [-0.15, -0.1) is 0 Å². The van der Waals surface area contributed by atoms with Crippen LogP contribution >= 0.6 is 11.6 Å². The first kappa shape index (κ1) is 14.3. The summed E-state index contributed by atoms with van der Waals surface area (Å²) in [6.45, 7) is 1.74. The second-order valence-electron chi connectivity index (χ2n) is 4.34. The maximum Gasteiger partial charge on any atom is 0.341 e. The van der Waals surface area contributed by atoms with Gasteiger partial charge in [0, 0.05) is 23.5 Å². The molecular weight excluding hydrogens is 285 g/mol. The second kappa shape index (κ2) is 5.46. The number of nitrogens with zero attached hydrogens (tertiary/aromatic N) is 1. The number of carboxylic acid groups (broad SMARTS) is 1. The van der Waals surface area contributed by atoms with Gasteiger partial charge in [0.15, 0.2) is 5.43 Å². The van der Waals surface area contributed by atoms with Gasteiger partial charge in [-0.2, -0.15) is 0 Å². The molecule has 2 rings (SSSR count). The summed E-state index contributed by atoms with van der Waals surface area (Å²) in [5, 5.41) is 8.94. The Morgan fingerprint density at radius 1 is 1.45 bits per heavy atom. The van der Waals surface area contributed by atoms with Crippen molar-refractivity contribution in [1.29, 1.82) is 0 Å². The maximum atomic E-state index is 13.8. The van der Waals surface area contributed by atoms with Crippen LogP contribution in [0.1, 0.15) is 21.6 Å². The van der Waals surface area contributed by atoms with Crippen molar-refractivity contribution >= 4 is 17.6 Å². The molecule has 0 aliphatic rings. The van der Waals surface area contributed by atoms with E-state index in [1.54, 1.807) is 19.1 Å². The van der Waals surface area contributed by atoms with Crippen molar-refractivity contribution in [2.45, 2.75) is 13.5 Å². The maximum absolute atomic E-state index is 13.8. The Kier molecular flexibility index (Phi) is 3.90. The zero-order valence-corrected chi connectivity index (χ0v) is 11.3. The number of hydrogen-bond donors (Lipinski definition) is 1. The third-order valence-corrected chi connectivity index (χ3v) is 3.24. The molecule has 0 saturated heterocycles. The van der Waals surface area contributed by atoms with Crippen molar-refractivity contribution in [3.05, 3.63) is 68.3 Å². The molecule has 0 atom stereocenters. The molecule has 0 bridgehead atoms. The summed E-state index contributed by atoms with van der Waals surface area (Å²) in [6.07, 6.45) is 1.21. The Morgan fingerprint density at radius 3 is 2.80 bits per heavy atom. The zero-order chi connectivity index (χ0) is 14.9. The number of benzene rings is 1. The molecule has 0 aliphatic carbocycles. The van der Waals surface area contributed by atoms with E-state index in [2.05, 4.69) is 0 Å². The Bertz CT molecular complexity index is 740. The van der Waals surface area contributed by atoms with Gasteiger partial charge in [-0.05, 0) is 13.0 Å². The molecule has 1 aromatic carbocycles. The van der Waals surface area contributed by atoms with E-state index < -0.39 is 17.2 Å². The van der Waals surface area contributed by atoms with Gasteiger partial charge in [0.2, 0.25) is 0 Å². The number of hydrogen-bond acceptors (Lipinski definition) is 2. The summed E-state index contributed by atoms with van der Waals surface area (Å²) in [4.78, 5) is 22.5. The van der Waals surface area contributed by atoms with Crippen molar-refractivity contribution in [3.8, 4) is 0 Å². The van der Waals surface area contributed by atoms with E-state index in [0.717, 1.165) is 0 Å². The third-order valence-electron chi connectivity index (χ3n) is 2.95. The predicted molar refractivity (Wildman–Crippen MR) is 72.9 cm³/mol.